The average molecular weight is 283 g/mol. The number of ether oxygens (including phenoxy) is 1. The summed E-state index contributed by atoms with van der Waals surface area (Å²) in [6, 6.07) is 3.63. The largest absolute Gasteiger partial charge is 0.493 e. The van der Waals surface area contributed by atoms with Crippen molar-refractivity contribution in [3.8, 4) is 5.75 Å². The van der Waals surface area contributed by atoms with Crippen LogP contribution in [0.25, 0.3) is 0 Å². The van der Waals surface area contributed by atoms with Crippen LogP contribution in [0.1, 0.15) is 18.5 Å². The number of alkyl halides is 3. The Balaban J connectivity index is 2.47. The molecule has 2 nitrogen and oxygen atoms in total. The van der Waals surface area contributed by atoms with E-state index in [2.05, 4.69) is 0 Å². The first kappa shape index (κ1) is 15.1. The van der Waals surface area contributed by atoms with E-state index in [1.165, 1.54) is 12.1 Å². The third-order valence-corrected chi connectivity index (χ3v) is 2.78. The number of hydrogen-bond acceptors (Lipinski definition) is 3. The van der Waals surface area contributed by atoms with Gasteiger partial charge < -0.3 is 10.5 Å². The molecule has 1 rings (SSSR count). The molecule has 0 bridgehead atoms. The number of nitrogens with two attached hydrogens (primary N) is 1. The van der Waals surface area contributed by atoms with Crippen LogP contribution in [0.5, 0.6) is 5.75 Å². The average Bonchev–Trinajstić information content (AvgIpc) is 2.22. The van der Waals surface area contributed by atoms with Crippen LogP contribution in [0.4, 0.5) is 17.6 Å². The molecule has 1 aromatic rings. The maximum atomic E-state index is 13.5. The molecule has 7 heteroatoms. The summed E-state index contributed by atoms with van der Waals surface area (Å²) >= 11 is -0.174. The lowest BCUT2D eigenvalue weighted by Gasteiger charge is -2.11. The van der Waals surface area contributed by atoms with Crippen LogP contribution in [-0.2, 0) is 0 Å². The molecule has 0 aliphatic heterocycles. The summed E-state index contributed by atoms with van der Waals surface area (Å²) in [6.45, 7) is 1.50. The number of benzene rings is 1. The molecule has 1 atom stereocenters. The zero-order valence-electron chi connectivity index (χ0n) is 9.63. The van der Waals surface area contributed by atoms with Gasteiger partial charge in [0.15, 0.2) is 0 Å². The fourth-order valence-corrected chi connectivity index (χ4v) is 1.68. The van der Waals surface area contributed by atoms with Crippen LogP contribution in [0.2, 0.25) is 0 Å². The highest BCUT2D eigenvalue weighted by molar-refractivity contribution is 8.00. The summed E-state index contributed by atoms with van der Waals surface area (Å²) in [5.74, 6) is -0.564. The SMILES string of the molecule is C[C@H](N)c1ccc(OCCSC(F)(F)F)cc1F. The van der Waals surface area contributed by atoms with Gasteiger partial charge in [0.1, 0.15) is 11.6 Å². The summed E-state index contributed by atoms with van der Waals surface area (Å²) in [4.78, 5) is 0. The van der Waals surface area contributed by atoms with Gasteiger partial charge in [0.25, 0.3) is 0 Å². The van der Waals surface area contributed by atoms with Gasteiger partial charge in [-0.05, 0) is 24.8 Å². The molecular weight excluding hydrogens is 270 g/mol. The van der Waals surface area contributed by atoms with Crippen molar-refractivity contribution < 1.29 is 22.3 Å². The predicted molar refractivity (Wildman–Crippen MR) is 63.0 cm³/mol. The number of thioether (sulfide) groups is 1. The Kier molecular flexibility index (Phi) is 5.28. The van der Waals surface area contributed by atoms with E-state index in [-0.39, 0.29) is 29.9 Å². The van der Waals surface area contributed by atoms with E-state index >= 15 is 0 Å². The third-order valence-electron chi connectivity index (χ3n) is 2.08. The Labute approximate surface area is 106 Å². The lowest BCUT2D eigenvalue weighted by atomic mass is 10.1. The highest BCUT2D eigenvalue weighted by Crippen LogP contribution is 2.30. The molecule has 1 aromatic carbocycles. The minimum atomic E-state index is -4.27. The van der Waals surface area contributed by atoms with Gasteiger partial charge in [-0.2, -0.15) is 13.2 Å². The Morgan fingerprint density at radius 1 is 1.39 bits per heavy atom. The zero-order valence-corrected chi connectivity index (χ0v) is 10.4. The first-order valence-electron chi connectivity index (χ1n) is 5.18. The molecule has 0 radical (unpaired) electrons. The molecule has 0 heterocycles. The van der Waals surface area contributed by atoms with E-state index in [9.17, 15) is 17.6 Å². The van der Waals surface area contributed by atoms with Crippen LogP contribution in [-0.4, -0.2) is 17.9 Å². The molecule has 2 N–H and O–H groups in total. The van der Waals surface area contributed by atoms with E-state index < -0.39 is 17.4 Å². The molecule has 102 valence electrons. The standard InChI is InChI=1S/C11H13F4NOS/c1-7(16)9-3-2-8(6-10(9)12)17-4-5-18-11(13,14)15/h2-3,6-7H,4-5,16H2,1H3/t7-/m0/s1. The maximum absolute atomic E-state index is 13.5. The van der Waals surface area contributed by atoms with E-state index in [1.54, 1.807) is 6.92 Å². The van der Waals surface area contributed by atoms with Gasteiger partial charge in [0.05, 0.1) is 6.61 Å². The molecule has 0 fully saturated rings. The predicted octanol–water partition coefficient (Wildman–Crippen LogP) is 3.48. The fourth-order valence-electron chi connectivity index (χ4n) is 1.28. The molecule has 18 heavy (non-hydrogen) atoms. The quantitative estimate of drug-likeness (QED) is 0.664. The Morgan fingerprint density at radius 3 is 2.56 bits per heavy atom. The fraction of sp³-hybridized carbons (Fsp3) is 0.455. The van der Waals surface area contributed by atoms with Gasteiger partial charge in [-0.15, -0.1) is 0 Å². The lowest BCUT2D eigenvalue weighted by molar-refractivity contribution is -0.0329. The van der Waals surface area contributed by atoms with Crippen molar-refractivity contribution >= 4 is 11.8 Å². The molecular formula is C11H13F4NOS. The topological polar surface area (TPSA) is 35.2 Å². The monoisotopic (exact) mass is 283 g/mol. The van der Waals surface area contributed by atoms with Gasteiger partial charge in [-0.25, -0.2) is 4.39 Å². The van der Waals surface area contributed by atoms with Crippen molar-refractivity contribution in [2.45, 2.75) is 18.5 Å². The second-order valence-electron chi connectivity index (χ2n) is 3.61. The van der Waals surface area contributed by atoms with Crippen molar-refractivity contribution in [3.63, 3.8) is 0 Å². The molecule has 0 aliphatic rings. The molecule has 0 saturated carbocycles. The van der Waals surface area contributed by atoms with Crippen LogP contribution >= 0.6 is 11.8 Å². The first-order chi connectivity index (χ1) is 8.29. The summed E-state index contributed by atoms with van der Waals surface area (Å²) in [5.41, 5.74) is 1.59. The number of halogens is 4. The van der Waals surface area contributed by atoms with Gasteiger partial charge in [-0.3, -0.25) is 0 Å². The van der Waals surface area contributed by atoms with Gasteiger partial charge in [0, 0.05) is 23.4 Å². The van der Waals surface area contributed by atoms with Crippen LogP contribution < -0.4 is 10.5 Å². The van der Waals surface area contributed by atoms with Crippen LogP contribution in [0.15, 0.2) is 18.2 Å². The Hall–Kier alpha value is -0.950. The summed E-state index contributed by atoms with van der Waals surface area (Å²) in [5, 5.41) is 0. The van der Waals surface area contributed by atoms with Crippen molar-refractivity contribution in [3.05, 3.63) is 29.6 Å². The van der Waals surface area contributed by atoms with E-state index in [0.717, 1.165) is 6.07 Å². The molecule has 0 unspecified atom stereocenters. The zero-order chi connectivity index (χ0) is 13.8. The molecule has 0 spiro atoms. The molecule has 0 aliphatic carbocycles. The van der Waals surface area contributed by atoms with Crippen LogP contribution in [0.3, 0.4) is 0 Å². The minimum absolute atomic E-state index is 0.138. The maximum Gasteiger partial charge on any atom is 0.441 e. The second-order valence-corrected chi connectivity index (χ2v) is 4.77. The molecule has 0 amide bonds. The van der Waals surface area contributed by atoms with Crippen molar-refractivity contribution in [2.24, 2.45) is 5.73 Å². The third kappa shape index (κ3) is 5.14. The van der Waals surface area contributed by atoms with Crippen LogP contribution in [0, 0.1) is 5.82 Å². The first-order valence-corrected chi connectivity index (χ1v) is 6.16. The van der Waals surface area contributed by atoms with E-state index in [0.29, 0.717) is 5.56 Å². The summed E-state index contributed by atoms with van der Waals surface area (Å²) < 4.78 is 53.9. The second kappa shape index (κ2) is 6.29. The number of hydrogen-bond donors (Lipinski definition) is 1. The van der Waals surface area contributed by atoms with Gasteiger partial charge >= 0.3 is 5.51 Å². The Morgan fingerprint density at radius 2 is 2.06 bits per heavy atom. The smallest absolute Gasteiger partial charge is 0.441 e. The molecule has 0 saturated heterocycles. The van der Waals surface area contributed by atoms with Gasteiger partial charge in [-0.1, -0.05) is 6.07 Å². The minimum Gasteiger partial charge on any atom is -0.493 e. The summed E-state index contributed by atoms with van der Waals surface area (Å²) in [7, 11) is 0. The highest BCUT2D eigenvalue weighted by atomic mass is 32.2. The van der Waals surface area contributed by atoms with E-state index in [1.807, 2.05) is 0 Å². The van der Waals surface area contributed by atoms with Crippen molar-refractivity contribution in [1.29, 1.82) is 0 Å². The van der Waals surface area contributed by atoms with Crippen molar-refractivity contribution in [2.75, 3.05) is 12.4 Å². The number of rotatable bonds is 5. The lowest BCUT2D eigenvalue weighted by Crippen LogP contribution is -2.09. The van der Waals surface area contributed by atoms with Gasteiger partial charge in [0.2, 0.25) is 0 Å². The summed E-state index contributed by atoms with van der Waals surface area (Å²) in [6.07, 6.45) is 0. The Bertz CT molecular complexity index is 395. The van der Waals surface area contributed by atoms with E-state index in [4.69, 9.17) is 10.5 Å². The molecule has 0 aromatic heterocycles. The van der Waals surface area contributed by atoms with Crippen molar-refractivity contribution in [1.82, 2.24) is 0 Å². The highest BCUT2D eigenvalue weighted by Gasteiger charge is 2.27. The normalized spacial score (nSPS) is 13.4.